The Morgan fingerprint density at radius 2 is 2.31 bits per heavy atom. The van der Waals surface area contributed by atoms with Gasteiger partial charge in [0.15, 0.2) is 0 Å². The first-order valence-corrected chi connectivity index (χ1v) is 4.45. The van der Waals surface area contributed by atoms with Gasteiger partial charge in [-0.25, -0.2) is 5.48 Å². The first-order valence-electron chi connectivity index (χ1n) is 4.45. The van der Waals surface area contributed by atoms with Crippen molar-refractivity contribution in [3.8, 4) is 5.75 Å². The summed E-state index contributed by atoms with van der Waals surface area (Å²) in [6, 6.07) is 7.68. The fourth-order valence-electron chi connectivity index (χ4n) is 1.06. The standard InChI is InChI=1S/C10H15NO2/c1-2-6-13-10-5-3-4-9(7-10)8-11-12/h3-5,7,11-12H,2,6,8H2,1H3. The fourth-order valence-corrected chi connectivity index (χ4v) is 1.06. The van der Waals surface area contributed by atoms with Gasteiger partial charge in [-0.15, -0.1) is 0 Å². The molecule has 0 aromatic heterocycles. The Hall–Kier alpha value is -1.06. The second-order valence-electron chi connectivity index (χ2n) is 2.83. The lowest BCUT2D eigenvalue weighted by Gasteiger charge is -2.05. The number of benzene rings is 1. The van der Waals surface area contributed by atoms with Crippen molar-refractivity contribution < 1.29 is 9.94 Å². The van der Waals surface area contributed by atoms with Gasteiger partial charge in [0.05, 0.1) is 6.61 Å². The maximum atomic E-state index is 8.50. The summed E-state index contributed by atoms with van der Waals surface area (Å²) in [7, 11) is 0. The van der Waals surface area contributed by atoms with Crippen molar-refractivity contribution in [1.82, 2.24) is 5.48 Å². The van der Waals surface area contributed by atoms with Crippen LogP contribution >= 0.6 is 0 Å². The number of ether oxygens (including phenoxy) is 1. The molecule has 72 valence electrons. The molecule has 13 heavy (non-hydrogen) atoms. The van der Waals surface area contributed by atoms with E-state index in [1.54, 1.807) is 0 Å². The molecule has 0 aliphatic rings. The predicted molar refractivity (Wildman–Crippen MR) is 50.9 cm³/mol. The minimum atomic E-state index is 0.448. The highest BCUT2D eigenvalue weighted by molar-refractivity contribution is 5.28. The molecule has 0 aliphatic carbocycles. The Morgan fingerprint density at radius 1 is 1.46 bits per heavy atom. The molecule has 0 unspecified atom stereocenters. The molecule has 2 N–H and O–H groups in total. The van der Waals surface area contributed by atoms with Crippen molar-refractivity contribution in [3.63, 3.8) is 0 Å². The molecular formula is C10H15NO2. The summed E-state index contributed by atoms with van der Waals surface area (Å²) in [5.41, 5.74) is 3.12. The largest absolute Gasteiger partial charge is 0.494 e. The SMILES string of the molecule is CCCOc1cccc(CNO)c1. The van der Waals surface area contributed by atoms with Crippen LogP contribution in [0.2, 0.25) is 0 Å². The van der Waals surface area contributed by atoms with Crippen LogP contribution in [0.1, 0.15) is 18.9 Å². The van der Waals surface area contributed by atoms with E-state index in [1.807, 2.05) is 24.3 Å². The molecule has 0 amide bonds. The average Bonchev–Trinajstić information content (AvgIpc) is 2.16. The van der Waals surface area contributed by atoms with E-state index in [-0.39, 0.29) is 0 Å². The van der Waals surface area contributed by atoms with Crippen molar-refractivity contribution in [1.29, 1.82) is 0 Å². The molecule has 1 aromatic rings. The Kier molecular flexibility index (Phi) is 4.29. The topological polar surface area (TPSA) is 41.5 Å². The second kappa shape index (κ2) is 5.56. The summed E-state index contributed by atoms with van der Waals surface area (Å²) >= 11 is 0. The van der Waals surface area contributed by atoms with Crippen molar-refractivity contribution in [2.45, 2.75) is 19.9 Å². The normalized spacial score (nSPS) is 10.0. The van der Waals surface area contributed by atoms with Crippen LogP contribution in [0.5, 0.6) is 5.75 Å². The van der Waals surface area contributed by atoms with Gasteiger partial charge in [-0.05, 0) is 24.1 Å². The zero-order valence-corrected chi connectivity index (χ0v) is 7.79. The number of hydrogen-bond donors (Lipinski definition) is 2. The minimum absolute atomic E-state index is 0.448. The highest BCUT2D eigenvalue weighted by atomic mass is 16.5. The molecule has 1 aromatic carbocycles. The van der Waals surface area contributed by atoms with E-state index in [2.05, 4.69) is 12.4 Å². The number of hydrogen-bond acceptors (Lipinski definition) is 3. The third kappa shape index (κ3) is 3.44. The summed E-state index contributed by atoms with van der Waals surface area (Å²) in [4.78, 5) is 0. The Balaban J connectivity index is 2.56. The quantitative estimate of drug-likeness (QED) is 0.682. The van der Waals surface area contributed by atoms with Crippen molar-refractivity contribution in [2.75, 3.05) is 6.61 Å². The van der Waals surface area contributed by atoms with E-state index in [0.717, 1.165) is 24.3 Å². The molecule has 3 heteroatoms. The maximum Gasteiger partial charge on any atom is 0.119 e. The van der Waals surface area contributed by atoms with Crippen LogP contribution in [-0.4, -0.2) is 11.8 Å². The molecule has 3 nitrogen and oxygen atoms in total. The number of nitrogens with one attached hydrogen (secondary N) is 1. The van der Waals surface area contributed by atoms with E-state index >= 15 is 0 Å². The highest BCUT2D eigenvalue weighted by Crippen LogP contribution is 2.13. The monoisotopic (exact) mass is 181 g/mol. The summed E-state index contributed by atoms with van der Waals surface area (Å²) in [5.74, 6) is 0.856. The zero-order chi connectivity index (χ0) is 9.52. The van der Waals surface area contributed by atoms with Gasteiger partial charge in [0.1, 0.15) is 5.75 Å². The van der Waals surface area contributed by atoms with Gasteiger partial charge in [0, 0.05) is 6.54 Å². The van der Waals surface area contributed by atoms with E-state index in [9.17, 15) is 0 Å². The first-order chi connectivity index (χ1) is 6.36. The van der Waals surface area contributed by atoms with Gasteiger partial charge in [-0.3, -0.25) is 0 Å². The molecule has 0 spiro atoms. The van der Waals surface area contributed by atoms with E-state index in [0.29, 0.717) is 6.54 Å². The van der Waals surface area contributed by atoms with Crippen LogP contribution in [-0.2, 0) is 6.54 Å². The molecule has 0 heterocycles. The Morgan fingerprint density at radius 3 is 3.00 bits per heavy atom. The van der Waals surface area contributed by atoms with E-state index < -0.39 is 0 Å². The molecule has 1 rings (SSSR count). The Bertz CT molecular complexity index is 250. The molecule has 0 saturated heterocycles. The van der Waals surface area contributed by atoms with Gasteiger partial charge in [0.2, 0.25) is 0 Å². The van der Waals surface area contributed by atoms with Crippen molar-refractivity contribution in [2.24, 2.45) is 0 Å². The smallest absolute Gasteiger partial charge is 0.119 e. The van der Waals surface area contributed by atoms with E-state index in [1.165, 1.54) is 0 Å². The number of rotatable bonds is 5. The molecular weight excluding hydrogens is 166 g/mol. The maximum absolute atomic E-state index is 8.50. The summed E-state index contributed by atoms with van der Waals surface area (Å²) < 4.78 is 5.43. The lowest BCUT2D eigenvalue weighted by molar-refractivity contribution is 0.161. The lowest BCUT2D eigenvalue weighted by atomic mass is 10.2. The third-order valence-corrected chi connectivity index (χ3v) is 1.65. The summed E-state index contributed by atoms with van der Waals surface area (Å²) in [6.07, 6.45) is 1.00. The first kappa shape index (κ1) is 10.0. The van der Waals surface area contributed by atoms with Crippen LogP contribution in [0.3, 0.4) is 0 Å². The number of hydroxylamine groups is 1. The van der Waals surface area contributed by atoms with Crippen LogP contribution < -0.4 is 10.2 Å². The van der Waals surface area contributed by atoms with Gasteiger partial charge < -0.3 is 9.94 Å². The van der Waals surface area contributed by atoms with Crippen LogP contribution in [0, 0.1) is 0 Å². The van der Waals surface area contributed by atoms with Crippen molar-refractivity contribution >= 4 is 0 Å². The molecule has 0 aliphatic heterocycles. The van der Waals surface area contributed by atoms with Gasteiger partial charge >= 0.3 is 0 Å². The van der Waals surface area contributed by atoms with Crippen LogP contribution in [0.4, 0.5) is 0 Å². The minimum Gasteiger partial charge on any atom is -0.494 e. The molecule has 0 bridgehead atoms. The molecule has 0 fully saturated rings. The molecule has 0 saturated carbocycles. The predicted octanol–water partition coefficient (Wildman–Crippen LogP) is 1.95. The third-order valence-electron chi connectivity index (χ3n) is 1.65. The van der Waals surface area contributed by atoms with Gasteiger partial charge in [0.25, 0.3) is 0 Å². The fraction of sp³-hybridized carbons (Fsp3) is 0.400. The van der Waals surface area contributed by atoms with Gasteiger partial charge in [-0.2, -0.15) is 0 Å². The summed E-state index contributed by atoms with van der Waals surface area (Å²) in [5, 5.41) is 8.50. The molecule has 0 atom stereocenters. The molecule has 0 radical (unpaired) electrons. The highest BCUT2D eigenvalue weighted by Gasteiger charge is 1.95. The average molecular weight is 181 g/mol. The summed E-state index contributed by atoms with van der Waals surface area (Å²) in [6.45, 7) is 3.25. The lowest BCUT2D eigenvalue weighted by Crippen LogP contribution is -2.06. The van der Waals surface area contributed by atoms with Crippen molar-refractivity contribution in [3.05, 3.63) is 29.8 Å². The van der Waals surface area contributed by atoms with Gasteiger partial charge in [-0.1, -0.05) is 19.1 Å². The van der Waals surface area contributed by atoms with E-state index in [4.69, 9.17) is 9.94 Å². The second-order valence-corrected chi connectivity index (χ2v) is 2.83. The zero-order valence-electron chi connectivity index (χ0n) is 7.79. The van der Waals surface area contributed by atoms with Crippen LogP contribution in [0.15, 0.2) is 24.3 Å². The van der Waals surface area contributed by atoms with Crippen LogP contribution in [0.25, 0.3) is 0 Å². The Labute approximate surface area is 78.3 Å².